The normalized spacial score (nSPS) is 10.1. The van der Waals surface area contributed by atoms with Crippen molar-refractivity contribution in [2.24, 2.45) is 0 Å². The summed E-state index contributed by atoms with van der Waals surface area (Å²) in [6, 6.07) is 5.47. The van der Waals surface area contributed by atoms with Crippen LogP contribution in [0.2, 0.25) is 0 Å². The van der Waals surface area contributed by atoms with Gasteiger partial charge in [0.15, 0.2) is 6.61 Å². The number of carbonyl (C=O) groups excluding carboxylic acids is 2. The molecule has 1 aromatic carbocycles. The molecule has 7 heteroatoms. The molecule has 0 aliphatic rings. The summed E-state index contributed by atoms with van der Waals surface area (Å²) in [4.78, 5) is 22.8. The largest absolute Gasteiger partial charge is 0.457 e. The lowest BCUT2D eigenvalue weighted by molar-refractivity contribution is -0.119. The third-order valence-corrected chi connectivity index (χ3v) is 2.26. The molecule has 1 aromatic heterocycles. The lowest BCUT2D eigenvalue weighted by Crippen LogP contribution is -2.21. The van der Waals surface area contributed by atoms with Gasteiger partial charge < -0.3 is 14.5 Å². The standard InChI is InChI=1S/C13H9F2NO4/c14-8-3-4-9(15)10(6-8)16-12(17)7-20-13(18)11-2-1-5-19-11/h1-6H,7H2,(H,16,17). The predicted octanol–water partition coefficient (Wildman–Crippen LogP) is 2.35. The SMILES string of the molecule is O=C(COC(=O)c1ccco1)Nc1cc(F)ccc1F. The van der Waals surface area contributed by atoms with Gasteiger partial charge in [0.25, 0.3) is 5.91 Å². The van der Waals surface area contributed by atoms with E-state index in [1.807, 2.05) is 0 Å². The van der Waals surface area contributed by atoms with E-state index in [0.717, 1.165) is 18.2 Å². The van der Waals surface area contributed by atoms with Gasteiger partial charge >= 0.3 is 5.97 Å². The highest BCUT2D eigenvalue weighted by Crippen LogP contribution is 2.15. The molecule has 0 aliphatic heterocycles. The summed E-state index contributed by atoms with van der Waals surface area (Å²) < 4.78 is 35.5. The first-order valence-electron chi connectivity index (χ1n) is 5.52. The van der Waals surface area contributed by atoms with Gasteiger partial charge in [0.2, 0.25) is 5.76 Å². The molecule has 0 saturated heterocycles. The van der Waals surface area contributed by atoms with Gasteiger partial charge in [-0.1, -0.05) is 0 Å². The van der Waals surface area contributed by atoms with Crippen molar-refractivity contribution in [1.29, 1.82) is 0 Å². The average Bonchev–Trinajstić information content (AvgIpc) is 2.94. The average molecular weight is 281 g/mol. The maximum atomic E-state index is 13.2. The molecule has 5 nitrogen and oxygen atoms in total. The van der Waals surface area contributed by atoms with Crippen molar-refractivity contribution in [3.8, 4) is 0 Å². The highest BCUT2D eigenvalue weighted by Gasteiger charge is 2.14. The van der Waals surface area contributed by atoms with Crippen LogP contribution in [0.25, 0.3) is 0 Å². The Morgan fingerprint density at radius 1 is 1.25 bits per heavy atom. The maximum Gasteiger partial charge on any atom is 0.374 e. The molecule has 20 heavy (non-hydrogen) atoms. The molecule has 1 heterocycles. The van der Waals surface area contributed by atoms with Crippen molar-refractivity contribution < 1.29 is 27.5 Å². The maximum absolute atomic E-state index is 13.2. The Labute approximate surface area is 112 Å². The lowest BCUT2D eigenvalue weighted by Gasteiger charge is -2.06. The summed E-state index contributed by atoms with van der Waals surface area (Å²) in [5.41, 5.74) is -0.330. The minimum atomic E-state index is -0.829. The van der Waals surface area contributed by atoms with Gasteiger partial charge in [-0.25, -0.2) is 13.6 Å². The van der Waals surface area contributed by atoms with Gasteiger partial charge in [0.1, 0.15) is 11.6 Å². The summed E-state index contributed by atoms with van der Waals surface area (Å²) in [6.45, 7) is -0.643. The second kappa shape index (κ2) is 5.96. The summed E-state index contributed by atoms with van der Waals surface area (Å²) in [7, 11) is 0. The first-order valence-corrected chi connectivity index (χ1v) is 5.52. The molecule has 0 saturated carbocycles. The first kappa shape index (κ1) is 13.7. The number of halogens is 2. The number of rotatable bonds is 4. The van der Waals surface area contributed by atoms with Gasteiger partial charge in [-0.15, -0.1) is 0 Å². The molecule has 0 radical (unpaired) electrons. The summed E-state index contributed by atoms with van der Waals surface area (Å²) in [6.07, 6.45) is 1.28. The fourth-order valence-corrected chi connectivity index (χ4v) is 1.38. The predicted molar refractivity (Wildman–Crippen MR) is 64.0 cm³/mol. The number of esters is 1. The van der Waals surface area contributed by atoms with Crippen LogP contribution < -0.4 is 5.32 Å². The molecule has 0 unspecified atom stereocenters. The van der Waals surface area contributed by atoms with Gasteiger partial charge in [0.05, 0.1) is 12.0 Å². The molecule has 0 bridgehead atoms. The monoisotopic (exact) mass is 281 g/mol. The number of hydrogen-bond donors (Lipinski definition) is 1. The molecule has 0 fully saturated rings. The molecule has 0 spiro atoms. The van der Waals surface area contributed by atoms with Crippen molar-refractivity contribution in [3.63, 3.8) is 0 Å². The van der Waals surface area contributed by atoms with E-state index in [2.05, 4.69) is 10.1 Å². The van der Waals surface area contributed by atoms with Crippen LogP contribution in [0.5, 0.6) is 0 Å². The van der Waals surface area contributed by atoms with Crippen LogP contribution >= 0.6 is 0 Å². The number of anilines is 1. The number of ether oxygens (including phenoxy) is 1. The molecule has 0 atom stereocenters. The Hall–Kier alpha value is -2.70. The van der Waals surface area contributed by atoms with Crippen LogP contribution in [-0.4, -0.2) is 18.5 Å². The molecular formula is C13H9F2NO4. The van der Waals surface area contributed by atoms with Crippen molar-refractivity contribution in [2.75, 3.05) is 11.9 Å². The van der Waals surface area contributed by atoms with Crippen LogP contribution in [0, 0.1) is 11.6 Å². The summed E-state index contributed by atoms with van der Waals surface area (Å²) in [5.74, 6) is -3.18. The molecule has 2 rings (SSSR count). The molecule has 104 valence electrons. The summed E-state index contributed by atoms with van der Waals surface area (Å²) in [5, 5.41) is 2.09. The quantitative estimate of drug-likeness (QED) is 0.873. The topological polar surface area (TPSA) is 68.5 Å². The van der Waals surface area contributed by atoms with Gasteiger partial charge in [-0.05, 0) is 24.3 Å². The first-order chi connectivity index (χ1) is 9.56. The number of furan rings is 1. The molecular weight excluding hydrogens is 272 g/mol. The smallest absolute Gasteiger partial charge is 0.374 e. The third kappa shape index (κ3) is 3.41. The second-order valence-corrected chi connectivity index (χ2v) is 3.73. The van der Waals surface area contributed by atoms with E-state index in [9.17, 15) is 18.4 Å². The number of carbonyl (C=O) groups is 2. The second-order valence-electron chi connectivity index (χ2n) is 3.73. The van der Waals surface area contributed by atoms with E-state index in [1.165, 1.54) is 18.4 Å². The highest BCUT2D eigenvalue weighted by atomic mass is 19.1. The van der Waals surface area contributed by atoms with E-state index in [4.69, 9.17) is 4.42 Å². The molecule has 2 aromatic rings. The van der Waals surface area contributed by atoms with Crippen molar-refractivity contribution >= 4 is 17.6 Å². The summed E-state index contributed by atoms with van der Waals surface area (Å²) >= 11 is 0. The lowest BCUT2D eigenvalue weighted by atomic mass is 10.3. The number of amides is 1. The zero-order chi connectivity index (χ0) is 14.5. The van der Waals surface area contributed by atoms with Gasteiger partial charge in [0, 0.05) is 6.07 Å². The van der Waals surface area contributed by atoms with Crippen LogP contribution in [0.4, 0.5) is 14.5 Å². The van der Waals surface area contributed by atoms with Crippen LogP contribution in [0.1, 0.15) is 10.6 Å². The zero-order valence-corrected chi connectivity index (χ0v) is 10.1. The molecule has 0 aliphatic carbocycles. The molecule has 1 N–H and O–H groups in total. The van der Waals surface area contributed by atoms with E-state index < -0.39 is 30.1 Å². The number of benzene rings is 1. The van der Waals surface area contributed by atoms with Gasteiger partial charge in [-0.2, -0.15) is 0 Å². The third-order valence-electron chi connectivity index (χ3n) is 2.26. The van der Waals surface area contributed by atoms with Crippen LogP contribution in [0.3, 0.4) is 0 Å². The van der Waals surface area contributed by atoms with E-state index >= 15 is 0 Å². The molecule has 1 amide bonds. The minimum Gasteiger partial charge on any atom is -0.457 e. The Morgan fingerprint density at radius 2 is 2.05 bits per heavy atom. The Balaban J connectivity index is 1.90. The van der Waals surface area contributed by atoms with Crippen LogP contribution in [-0.2, 0) is 9.53 Å². The van der Waals surface area contributed by atoms with Crippen molar-refractivity contribution in [3.05, 3.63) is 54.0 Å². The number of nitrogens with one attached hydrogen (secondary N) is 1. The minimum absolute atomic E-state index is 0.0604. The Kier molecular flexibility index (Phi) is 4.09. The van der Waals surface area contributed by atoms with Gasteiger partial charge in [-0.3, -0.25) is 4.79 Å². The fourth-order valence-electron chi connectivity index (χ4n) is 1.38. The Bertz CT molecular complexity index is 625. The van der Waals surface area contributed by atoms with Crippen molar-refractivity contribution in [2.45, 2.75) is 0 Å². The number of hydrogen-bond acceptors (Lipinski definition) is 4. The zero-order valence-electron chi connectivity index (χ0n) is 10.1. The fraction of sp³-hybridized carbons (Fsp3) is 0.0769. The Morgan fingerprint density at radius 3 is 2.75 bits per heavy atom. The van der Waals surface area contributed by atoms with Crippen molar-refractivity contribution in [1.82, 2.24) is 0 Å². The van der Waals surface area contributed by atoms with Crippen LogP contribution in [0.15, 0.2) is 41.0 Å². The van der Waals surface area contributed by atoms with E-state index in [1.54, 1.807) is 0 Å². The van der Waals surface area contributed by atoms with E-state index in [-0.39, 0.29) is 11.4 Å². The van der Waals surface area contributed by atoms with E-state index in [0.29, 0.717) is 0 Å². The highest BCUT2D eigenvalue weighted by molar-refractivity contribution is 5.94.